The fourth-order valence-corrected chi connectivity index (χ4v) is 2.01. The number of hydrogen-bond donors (Lipinski definition) is 2. The SMILES string of the molecule is CC(C)C(C)(CNC(=O)OC(C)(C)C)NCc1cccn1C. The number of nitrogens with one attached hydrogen (secondary N) is 2. The molecule has 0 radical (unpaired) electrons. The van der Waals surface area contributed by atoms with E-state index in [0.29, 0.717) is 12.5 Å². The molecule has 1 unspecified atom stereocenters. The molecule has 0 bridgehead atoms. The molecular weight excluding hydrogens is 278 g/mol. The highest BCUT2D eigenvalue weighted by atomic mass is 16.6. The molecule has 126 valence electrons. The maximum Gasteiger partial charge on any atom is 0.407 e. The Labute approximate surface area is 134 Å². The normalized spacial score (nSPS) is 14.7. The first-order valence-electron chi connectivity index (χ1n) is 7.85. The van der Waals surface area contributed by atoms with Gasteiger partial charge in [0, 0.05) is 37.6 Å². The molecule has 1 aromatic rings. The second-order valence-electron chi connectivity index (χ2n) is 7.39. The molecule has 0 saturated heterocycles. The van der Waals surface area contributed by atoms with Crippen LogP contribution in [0.2, 0.25) is 0 Å². The zero-order valence-electron chi connectivity index (χ0n) is 15.0. The van der Waals surface area contributed by atoms with Gasteiger partial charge >= 0.3 is 6.09 Å². The van der Waals surface area contributed by atoms with Gasteiger partial charge in [0.15, 0.2) is 0 Å². The van der Waals surface area contributed by atoms with E-state index in [1.807, 2.05) is 40.1 Å². The molecule has 5 heteroatoms. The lowest BCUT2D eigenvalue weighted by Gasteiger charge is -2.35. The van der Waals surface area contributed by atoms with Crippen LogP contribution in [0, 0.1) is 5.92 Å². The molecule has 0 aromatic carbocycles. The fraction of sp³-hybridized carbons (Fsp3) is 0.706. The standard InChI is InChI=1S/C17H31N3O2/c1-13(2)17(6,12-18-15(21)22-16(3,4)5)19-11-14-9-8-10-20(14)7/h8-10,13,19H,11-12H2,1-7H3,(H,18,21). The van der Waals surface area contributed by atoms with Gasteiger partial charge in [0.1, 0.15) is 5.60 Å². The highest BCUT2D eigenvalue weighted by molar-refractivity contribution is 5.67. The Morgan fingerprint density at radius 1 is 1.32 bits per heavy atom. The van der Waals surface area contributed by atoms with Gasteiger partial charge in [-0.25, -0.2) is 4.79 Å². The van der Waals surface area contributed by atoms with Gasteiger partial charge in [-0.3, -0.25) is 0 Å². The van der Waals surface area contributed by atoms with Crippen LogP contribution in [0.1, 0.15) is 47.2 Å². The van der Waals surface area contributed by atoms with Crippen molar-refractivity contribution in [1.82, 2.24) is 15.2 Å². The highest BCUT2D eigenvalue weighted by Gasteiger charge is 2.29. The van der Waals surface area contributed by atoms with E-state index in [0.717, 1.165) is 6.54 Å². The van der Waals surface area contributed by atoms with Crippen LogP contribution >= 0.6 is 0 Å². The maximum absolute atomic E-state index is 11.8. The summed E-state index contributed by atoms with van der Waals surface area (Å²) in [5, 5.41) is 6.44. The van der Waals surface area contributed by atoms with Gasteiger partial charge in [-0.1, -0.05) is 13.8 Å². The Kier molecular flexibility index (Phi) is 6.06. The van der Waals surface area contributed by atoms with Crippen molar-refractivity contribution in [3.05, 3.63) is 24.0 Å². The predicted octanol–water partition coefficient (Wildman–Crippen LogP) is 3.05. The second kappa shape index (κ2) is 7.18. The highest BCUT2D eigenvalue weighted by Crippen LogP contribution is 2.17. The fourth-order valence-electron chi connectivity index (χ4n) is 2.01. The van der Waals surface area contributed by atoms with Crippen LogP contribution in [0.4, 0.5) is 4.79 Å². The van der Waals surface area contributed by atoms with E-state index in [4.69, 9.17) is 4.74 Å². The molecular formula is C17H31N3O2. The Bertz CT molecular complexity index is 488. The Morgan fingerprint density at radius 2 is 1.95 bits per heavy atom. The number of aryl methyl sites for hydroxylation is 1. The molecule has 22 heavy (non-hydrogen) atoms. The molecule has 1 amide bonds. The monoisotopic (exact) mass is 309 g/mol. The summed E-state index contributed by atoms with van der Waals surface area (Å²) < 4.78 is 7.39. The Morgan fingerprint density at radius 3 is 2.41 bits per heavy atom. The van der Waals surface area contributed by atoms with Crippen LogP contribution in [0.5, 0.6) is 0 Å². The lowest BCUT2D eigenvalue weighted by molar-refractivity contribution is 0.0503. The van der Waals surface area contributed by atoms with Gasteiger partial charge in [-0.15, -0.1) is 0 Å². The third-order valence-corrected chi connectivity index (χ3v) is 4.00. The smallest absolute Gasteiger partial charge is 0.407 e. The summed E-state index contributed by atoms with van der Waals surface area (Å²) in [6.45, 7) is 13.3. The summed E-state index contributed by atoms with van der Waals surface area (Å²) in [5.74, 6) is 0.364. The largest absolute Gasteiger partial charge is 0.444 e. The van der Waals surface area contributed by atoms with E-state index in [1.165, 1.54) is 5.69 Å². The van der Waals surface area contributed by atoms with Crippen LogP contribution < -0.4 is 10.6 Å². The van der Waals surface area contributed by atoms with Crippen molar-refractivity contribution >= 4 is 6.09 Å². The van der Waals surface area contributed by atoms with Crippen molar-refractivity contribution in [2.75, 3.05) is 6.54 Å². The minimum atomic E-state index is -0.477. The average molecular weight is 309 g/mol. The summed E-state index contributed by atoms with van der Waals surface area (Å²) in [5.41, 5.74) is 0.528. The van der Waals surface area contributed by atoms with Gasteiger partial charge < -0.3 is 19.9 Å². The molecule has 1 aromatic heterocycles. The second-order valence-corrected chi connectivity index (χ2v) is 7.39. The molecule has 5 nitrogen and oxygen atoms in total. The molecule has 0 fully saturated rings. The summed E-state index contributed by atoms with van der Waals surface area (Å²) in [6, 6.07) is 4.12. The van der Waals surface area contributed by atoms with Crippen molar-refractivity contribution in [3.8, 4) is 0 Å². The number of ether oxygens (including phenoxy) is 1. The van der Waals surface area contributed by atoms with Gasteiger partial charge in [-0.2, -0.15) is 0 Å². The van der Waals surface area contributed by atoms with Crippen LogP contribution in [0.25, 0.3) is 0 Å². The first-order valence-corrected chi connectivity index (χ1v) is 7.85. The van der Waals surface area contributed by atoms with Crippen molar-refractivity contribution in [3.63, 3.8) is 0 Å². The first-order chi connectivity index (χ1) is 10.0. The van der Waals surface area contributed by atoms with Crippen molar-refractivity contribution < 1.29 is 9.53 Å². The number of rotatable bonds is 6. The van der Waals surface area contributed by atoms with Gasteiger partial charge in [0.05, 0.1) is 0 Å². The number of aromatic nitrogens is 1. The Hall–Kier alpha value is -1.49. The van der Waals surface area contributed by atoms with E-state index in [9.17, 15) is 4.79 Å². The van der Waals surface area contributed by atoms with E-state index in [2.05, 4.69) is 42.0 Å². The van der Waals surface area contributed by atoms with Crippen molar-refractivity contribution in [1.29, 1.82) is 0 Å². The third kappa shape index (κ3) is 5.72. The summed E-state index contributed by atoms with van der Waals surface area (Å²) >= 11 is 0. The van der Waals surface area contributed by atoms with Crippen molar-refractivity contribution in [2.24, 2.45) is 13.0 Å². The summed E-state index contributed by atoms with van der Waals surface area (Å²) in [6.07, 6.45) is 1.66. The predicted molar refractivity (Wildman–Crippen MR) is 89.7 cm³/mol. The van der Waals surface area contributed by atoms with Crippen LogP contribution in [-0.4, -0.2) is 28.3 Å². The zero-order valence-corrected chi connectivity index (χ0v) is 15.0. The van der Waals surface area contributed by atoms with Crippen LogP contribution in [0.3, 0.4) is 0 Å². The van der Waals surface area contributed by atoms with Gasteiger partial charge in [0.25, 0.3) is 0 Å². The number of carbonyl (C=O) groups is 1. The van der Waals surface area contributed by atoms with Gasteiger partial charge in [0.2, 0.25) is 0 Å². The van der Waals surface area contributed by atoms with Crippen LogP contribution in [-0.2, 0) is 18.3 Å². The number of amides is 1. The van der Waals surface area contributed by atoms with E-state index >= 15 is 0 Å². The topological polar surface area (TPSA) is 55.3 Å². The molecule has 0 spiro atoms. The maximum atomic E-state index is 11.8. The number of alkyl carbamates (subject to hydrolysis) is 1. The molecule has 0 aliphatic heterocycles. The number of carbonyl (C=O) groups excluding carboxylic acids is 1. The number of hydrogen-bond acceptors (Lipinski definition) is 3. The van der Waals surface area contributed by atoms with E-state index in [-0.39, 0.29) is 11.6 Å². The van der Waals surface area contributed by atoms with E-state index in [1.54, 1.807) is 0 Å². The van der Waals surface area contributed by atoms with Crippen LogP contribution in [0.15, 0.2) is 18.3 Å². The third-order valence-electron chi connectivity index (χ3n) is 4.00. The Balaban J connectivity index is 2.59. The average Bonchev–Trinajstić information content (AvgIpc) is 2.77. The molecule has 0 aliphatic carbocycles. The molecule has 0 saturated carbocycles. The lowest BCUT2D eigenvalue weighted by Crippen LogP contribution is -2.55. The van der Waals surface area contributed by atoms with Crippen molar-refractivity contribution in [2.45, 2.75) is 59.2 Å². The molecule has 0 aliphatic rings. The van der Waals surface area contributed by atoms with E-state index < -0.39 is 5.60 Å². The number of nitrogens with zero attached hydrogens (tertiary/aromatic N) is 1. The summed E-state index contributed by atoms with van der Waals surface area (Å²) in [7, 11) is 2.03. The zero-order chi connectivity index (χ0) is 17.0. The minimum absolute atomic E-state index is 0.207. The molecule has 2 N–H and O–H groups in total. The molecule has 1 atom stereocenters. The first kappa shape index (κ1) is 18.6. The summed E-state index contributed by atoms with van der Waals surface area (Å²) in [4.78, 5) is 11.8. The lowest BCUT2D eigenvalue weighted by atomic mass is 9.88. The molecule has 1 heterocycles. The molecule has 1 rings (SSSR count). The quantitative estimate of drug-likeness (QED) is 0.849. The minimum Gasteiger partial charge on any atom is -0.444 e. The van der Waals surface area contributed by atoms with Gasteiger partial charge in [-0.05, 0) is 45.7 Å².